The van der Waals surface area contributed by atoms with Crippen molar-refractivity contribution < 1.29 is 9.90 Å². The molecule has 0 aromatic heterocycles. The molecule has 1 fully saturated rings. The highest BCUT2D eigenvalue weighted by Crippen LogP contribution is 2.43. The summed E-state index contributed by atoms with van der Waals surface area (Å²) in [5.41, 5.74) is 1.34. The summed E-state index contributed by atoms with van der Waals surface area (Å²) >= 11 is 0. The predicted octanol–water partition coefficient (Wildman–Crippen LogP) is 3.10. The Labute approximate surface area is 98.7 Å². The average Bonchev–Trinajstić information content (AvgIpc) is 2.16. The highest BCUT2D eigenvalue weighted by Gasteiger charge is 2.38. The molecular formula is C14H24O2. The first-order chi connectivity index (χ1) is 7.48. The Bertz CT molecular complexity index is 276. The topological polar surface area (TPSA) is 37.3 Å². The molecule has 0 saturated heterocycles. The van der Waals surface area contributed by atoms with Crippen molar-refractivity contribution in [1.82, 2.24) is 0 Å². The van der Waals surface area contributed by atoms with Crippen LogP contribution in [0.3, 0.4) is 0 Å². The van der Waals surface area contributed by atoms with Crippen molar-refractivity contribution in [1.29, 1.82) is 0 Å². The van der Waals surface area contributed by atoms with Gasteiger partial charge in [-0.2, -0.15) is 0 Å². The van der Waals surface area contributed by atoms with E-state index in [1.807, 2.05) is 0 Å². The number of allylic oxidation sites excluding steroid dienone is 2. The Balaban J connectivity index is 2.62. The zero-order valence-corrected chi connectivity index (χ0v) is 10.8. The predicted molar refractivity (Wildman–Crippen MR) is 66.2 cm³/mol. The van der Waals surface area contributed by atoms with Gasteiger partial charge in [-0.05, 0) is 44.4 Å². The fourth-order valence-electron chi connectivity index (χ4n) is 2.66. The van der Waals surface area contributed by atoms with Crippen molar-refractivity contribution in [2.75, 3.05) is 6.61 Å². The Hall–Kier alpha value is -0.630. The fourth-order valence-corrected chi connectivity index (χ4v) is 2.66. The Morgan fingerprint density at radius 1 is 1.56 bits per heavy atom. The summed E-state index contributed by atoms with van der Waals surface area (Å²) in [6.45, 7) is 6.57. The van der Waals surface area contributed by atoms with E-state index in [2.05, 4.69) is 26.8 Å². The van der Waals surface area contributed by atoms with Gasteiger partial charge < -0.3 is 5.11 Å². The van der Waals surface area contributed by atoms with Crippen LogP contribution in [-0.4, -0.2) is 17.5 Å². The fraction of sp³-hybridized carbons (Fsp3) is 0.786. The summed E-state index contributed by atoms with van der Waals surface area (Å²) in [6, 6.07) is 0. The summed E-state index contributed by atoms with van der Waals surface area (Å²) in [5.74, 6) is 0.667. The summed E-state index contributed by atoms with van der Waals surface area (Å²) in [7, 11) is 0. The summed E-state index contributed by atoms with van der Waals surface area (Å²) < 4.78 is 0. The highest BCUT2D eigenvalue weighted by molar-refractivity contribution is 5.80. The van der Waals surface area contributed by atoms with E-state index >= 15 is 0 Å². The van der Waals surface area contributed by atoms with Crippen LogP contribution in [0.1, 0.15) is 52.9 Å². The number of carbonyl (C=O) groups excluding carboxylic acids is 1. The molecule has 0 spiro atoms. The minimum atomic E-state index is 0.00995. The smallest absolute Gasteiger partial charge is 0.133 e. The number of aliphatic hydroxyl groups is 1. The minimum absolute atomic E-state index is 0.00995. The largest absolute Gasteiger partial charge is 0.396 e. The lowest BCUT2D eigenvalue weighted by atomic mass is 9.65. The zero-order chi connectivity index (χ0) is 12.2. The molecule has 2 atom stereocenters. The Morgan fingerprint density at radius 2 is 2.25 bits per heavy atom. The number of hydrogen-bond acceptors (Lipinski definition) is 2. The number of hydrogen-bond donors (Lipinski definition) is 1. The molecule has 1 N–H and O–H groups in total. The molecule has 0 aromatic rings. The van der Waals surface area contributed by atoms with Crippen molar-refractivity contribution in [2.45, 2.75) is 52.9 Å². The molecular weight excluding hydrogens is 200 g/mol. The van der Waals surface area contributed by atoms with Crippen molar-refractivity contribution >= 4 is 5.78 Å². The highest BCUT2D eigenvalue weighted by atomic mass is 16.3. The third kappa shape index (κ3) is 3.44. The van der Waals surface area contributed by atoms with E-state index in [1.54, 1.807) is 0 Å². The Morgan fingerprint density at radius 3 is 2.81 bits per heavy atom. The third-order valence-corrected chi connectivity index (χ3v) is 3.85. The molecule has 1 aliphatic carbocycles. The van der Waals surface area contributed by atoms with Gasteiger partial charge in [-0.1, -0.05) is 18.6 Å². The van der Waals surface area contributed by atoms with Crippen LogP contribution in [0, 0.1) is 11.3 Å². The molecule has 16 heavy (non-hydrogen) atoms. The van der Waals surface area contributed by atoms with E-state index in [0.717, 1.165) is 19.3 Å². The maximum absolute atomic E-state index is 11.5. The van der Waals surface area contributed by atoms with E-state index in [1.165, 1.54) is 5.57 Å². The van der Waals surface area contributed by atoms with E-state index < -0.39 is 0 Å². The van der Waals surface area contributed by atoms with Crippen LogP contribution in [0.15, 0.2) is 11.6 Å². The zero-order valence-electron chi connectivity index (χ0n) is 10.8. The van der Waals surface area contributed by atoms with Gasteiger partial charge in [-0.3, -0.25) is 4.79 Å². The van der Waals surface area contributed by atoms with Crippen LogP contribution in [0.25, 0.3) is 0 Å². The van der Waals surface area contributed by atoms with E-state index in [9.17, 15) is 9.90 Å². The second kappa shape index (κ2) is 5.62. The van der Waals surface area contributed by atoms with Gasteiger partial charge in [0, 0.05) is 19.4 Å². The van der Waals surface area contributed by atoms with E-state index in [4.69, 9.17) is 0 Å². The standard InChI is InChI=1S/C14H24O2/c1-11(2)5-4-8-14(3)9-13(16)7-6-12(14)10-15/h5,12,15H,4,6-10H2,1-3H3/t12-,14-/m0/s1. The van der Waals surface area contributed by atoms with Gasteiger partial charge >= 0.3 is 0 Å². The average molecular weight is 224 g/mol. The SMILES string of the molecule is CC(C)=CCC[C@@]1(C)CC(=O)CC[C@H]1CO. The number of Topliss-reactive ketones (excluding diaryl/α,β-unsaturated/α-hetero) is 1. The van der Waals surface area contributed by atoms with Gasteiger partial charge in [0.25, 0.3) is 0 Å². The summed E-state index contributed by atoms with van der Waals surface area (Å²) in [5, 5.41) is 9.39. The van der Waals surface area contributed by atoms with Gasteiger partial charge in [-0.15, -0.1) is 0 Å². The quantitative estimate of drug-likeness (QED) is 0.745. The first-order valence-corrected chi connectivity index (χ1v) is 6.24. The van der Waals surface area contributed by atoms with Crippen molar-refractivity contribution in [3.8, 4) is 0 Å². The first kappa shape index (κ1) is 13.4. The van der Waals surface area contributed by atoms with Crippen LogP contribution in [0.2, 0.25) is 0 Å². The number of rotatable bonds is 4. The molecule has 0 aromatic carbocycles. The van der Waals surface area contributed by atoms with Crippen molar-refractivity contribution in [3.63, 3.8) is 0 Å². The van der Waals surface area contributed by atoms with Gasteiger partial charge in [-0.25, -0.2) is 0 Å². The second-order valence-electron chi connectivity index (χ2n) is 5.61. The molecule has 1 saturated carbocycles. The number of aliphatic hydroxyl groups excluding tert-OH is 1. The second-order valence-corrected chi connectivity index (χ2v) is 5.61. The van der Waals surface area contributed by atoms with Gasteiger partial charge in [0.05, 0.1) is 0 Å². The summed E-state index contributed by atoms with van der Waals surface area (Å²) in [4.78, 5) is 11.5. The number of ketones is 1. The molecule has 0 bridgehead atoms. The minimum Gasteiger partial charge on any atom is -0.396 e. The molecule has 0 amide bonds. The molecule has 0 aliphatic heterocycles. The normalized spacial score (nSPS) is 30.2. The molecule has 2 heteroatoms. The van der Waals surface area contributed by atoms with E-state index in [-0.39, 0.29) is 12.0 Å². The molecule has 1 rings (SSSR count). The Kier molecular flexibility index (Phi) is 4.72. The molecule has 0 heterocycles. The first-order valence-electron chi connectivity index (χ1n) is 6.24. The lowest BCUT2D eigenvalue weighted by molar-refractivity contribution is -0.126. The van der Waals surface area contributed by atoms with Gasteiger partial charge in [0.1, 0.15) is 5.78 Å². The molecule has 2 nitrogen and oxygen atoms in total. The van der Waals surface area contributed by atoms with Gasteiger partial charge in [0.15, 0.2) is 0 Å². The lowest BCUT2D eigenvalue weighted by Crippen LogP contribution is -2.37. The lowest BCUT2D eigenvalue weighted by Gasteiger charge is -2.40. The van der Waals surface area contributed by atoms with Crippen LogP contribution in [-0.2, 0) is 4.79 Å². The number of carbonyl (C=O) groups is 1. The van der Waals surface area contributed by atoms with E-state index in [0.29, 0.717) is 24.5 Å². The molecule has 0 unspecified atom stereocenters. The van der Waals surface area contributed by atoms with Crippen LogP contribution in [0.5, 0.6) is 0 Å². The van der Waals surface area contributed by atoms with Gasteiger partial charge in [0.2, 0.25) is 0 Å². The van der Waals surface area contributed by atoms with Crippen molar-refractivity contribution in [2.24, 2.45) is 11.3 Å². The molecule has 92 valence electrons. The van der Waals surface area contributed by atoms with Crippen LogP contribution < -0.4 is 0 Å². The molecule has 0 radical (unpaired) electrons. The third-order valence-electron chi connectivity index (χ3n) is 3.85. The monoisotopic (exact) mass is 224 g/mol. The molecule has 1 aliphatic rings. The van der Waals surface area contributed by atoms with Crippen LogP contribution >= 0.6 is 0 Å². The maximum Gasteiger partial charge on any atom is 0.133 e. The maximum atomic E-state index is 11.5. The van der Waals surface area contributed by atoms with Crippen molar-refractivity contribution in [3.05, 3.63) is 11.6 Å². The summed E-state index contributed by atoms with van der Waals surface area (Å²) in [6.07, 6.45) is 6.41. The van der Waals surface area contributed by atoms with Crippen LogP contribution in [0.4, 0.5) is 0 Å².